The van der Waals surface area contributed by atoms with Crippen molar-refractivity contribution in [3.05, 3.63) is 34.9 Å². The molecule has 0 bridgehead atoms. The maximum Gasteiger partial charge on any atom is 0.410 e. The van der Waals surface area contributed by atoms with Crippen molar-refractivity contribution in [2.45, 2.75) is 46.3 Å². The van der Waals surface area contributed by atoms with Gasteiger partial charge in [0.1, 0.15) is 5.60 Å². The van der Waals surface area contributed by atoms with Crippen molar-refractivity contribution in [2.75, 3.05) is 6.54 Å². The van der Waals surface area contributed by atoms with Gasteiger partial charge in [0.15, 0.2) is 0 Å². The summed E-state index contributed by atoms with van der Waals surface area (Å²) in [5.74, 6) is 0. The standard InChI is InChI=1S/C15H21NO2/c1-11-5-6-13-10-16(8-7-12(13)9-11)14(17)18-15(2,3)4/h5-6,9H,7-8,10H2,1-4H3. The number of hydrogen-bond donors (Lipinski definition) is 0. The molecule has 1 heterocycles. The lowest BCUT2D eigenvalue weighted by atomic mass is 9.98. The van der Waals surface area contributed by atoms with Crippen molar-refractivity contribution in [3.8, 4) is 0 Å². The van der Waals surface area contributed by atoms with Gasteiger partial charge in [-0.2, -0.15) is 0 Å². The molecule has 3 nitrogen and oxygen atoms in total. The summed E-state index contributed by atoms with van der Waals surface area (Å²) in [5, 5.41) is 0. The first-order chi connectivity index (χ1) is 8.35. The first kappa shape index (κ1) is 12.9. The molecule has 1 aromatic rings. The zero-order valence-electron chi connectivity index (χ0n) is 11.6. The van der Waals surface area contributed by atoms with E-state index in [0.717, 1.165) is 13.0 Å². The summed E-state index contributed by atoms with van der Waals surface area (Å²) in [4.78, 5) is 13.8. The number of hydrogen-bond acceptors (Lipinski definition) is 2. The average Bonchev–Trinajstić information content (AvgIpc) is 2.26. The Bertz CT molecular complexity index is 460. The number of benzene rings is 1. The summed E-state index contributed by atoms with van der Waals surface area (Å²) in [7, 11) is 0. The molecule has 0 aliphatic carbocycles. The zero-order chi connectivity index (χ0) is 13.3. The van der Waals surface area contributed by atoms with E-state index in [1.165, 1.54) is 16.7 Å². The summed E-state index contributed by atoms with van der Waals surface area (Å²) in [6.07, 6.45) is 0.699. The van der Waals surface area contributed by atoms with Crippen molar-refractivity contribution in [3.63, 3.8) is 0 Å². The van der Waals surface area contributed by atoms with E-state index in [-0.39, 0.29) is 6.09 Å². The minimum absolute atomic E-state index is 0.214. The topological polar surface area (TPSA) is 29.5 Å². The van der Waals surface area contributed by atoms with Crippen LogP contribution >= 0.6 is 0 Å². The molecule has 0 fully saturated rings. The van der Waals surface area contributed by atoms with Crippen LogP contribution in [0.25, 0.3) is 0 Å². The average molecular weight is 247 g/mol. The van der Waals surface area contributed by atoms with Crippen molar-refractivity contribution in [1.29, 1.82) is 0 Å². The van der Waals surface area contributed by atoms with E-state index >= 15 is 0 Å². The largest absolute Gasteiger partial charge is 0.444 e. The van der Waals surface area contributed by atoms with Crippen LogP contribution in [0.15, 0.2) is 18.2 Å². The molecule has 1 aliphatic heterocycles. The highest BCUT2D eigenvalue weighted by atomic mass is 16.6. The van der Waals surface area contributed by atoms with Crippen LogP contribution in [0.3, 0.4) is 0 Å². The van der Waals surface area contributed by atoms with Gasteiger partial charge in [0.2, 0.25) is 0 Å². The van der Waals surface area contributed by atoms with Gasteiger partial charge in [-0.1, -0.05) is 23.8 Å². The summed E-state index contributed by atoms with van der Waals surface area (Å²) < 4.78 is 5.40. The van der Waals surface area contributed by atoms with Crippen molar-refractivity contribution in [2.24, 2.45) is 0 Å². The van der Waals surface area contributed by atoms with Gasteiger partial charge in [0, 0.05) is 13.1 Å². The van der Waals surface area contributed by atoms with Crippen molar-refractivity contribution < 1.29 is 9.53 Å². The van der Waals surface area contributed by atoms with E-state index in [1.54, 1.807) is 4.90 Å². The maximum atomic E-state index is 12.0. The molecule has 3 heteroatoms. The Hall–Kier alpha value is -1.51. The number of rotatable bonds is 0. The van der Waals surface area contributed by atoms with Crippen molar-refractivity contribution in [1.82, 2.24) is 4.90 Å². The fraction of sp³-hybridized carbons (Fsp3) is 0.533. The third-order valence-corrected chi connectivity index (χ3v) is 3.03. The van der Waals surface area contributed by atoms with Crippen LogP contribution in [0.5, 0.6) is 0 Å². The summed E-state index contributed by atoms with van der Waals surface area (Å²) in [5.41, 5.74) is 3.44. The number of ether oxygens (including phenoxy) is 1. The molecular weight excluding hydrogens is 226 g/mol. The normalized spacial score (nSPS) is 15.2. The Labute approximate surface area is 109 Å². The third kappa shape index (κ3) is 3.03. The van der Waals surface area contributed by atoms with Crippen LogP contribution in [0.2, 0.25) is 0 Å². The molecule has 1 aromatic carbocycles. The smallest absolute Gasteiger partial charge is 0.410 e. The molecule has 0 unspecified atom stereocenters. The molecule has 98 valence electrons. The minimum atomic E-state index is -0.426. The van der Waals surface area contributed by atoms with Crippen LogP contribution in [0.4, 0.5) is 4.79 Å². The highest BCUT2D eigenvalue weighted by molar-refractivity contribution is 5.68. The van der Waals surface area contributed by atoms with Gasteiger partial charge in [-0.05, 0) is 45.2 Å². The van der Waals surface area contributed by atoms with Gasteiger partial charge in [0.25, 0.3) is 0 Å². The fourth-order valence-electron chi connectivity index (χ4n) is 2.16. The molecule has 1 amide bonds. The monoisotopic (exact) mass is 247 g/mol. The molecule has 0 saturated carbocycles. The zero-order valence-corrected chi connectivity index (χ0v) is 11.6. The van der Waals surface area contributed by atoms with E-state index in [2.05, 4.69) is 25.1 Å². The van der Waals surface area contributed by atoms with E-state index in [1.807, 2.05) is 20.8 Å². The number of nitrogens with zero attached hydrogens (tertiary/aromatic N) is 1. The Balaban J connectivity index is 2.08. The lowest BCUT2D eigenvalue weighted by Crippen LogP contribution is -2.39. The van der Waals surface area contributed by atoms with Crippen LogP contribution in [0.1, 0.15) is 37.5 Å². The Morgan fingerprint density at radius 1 is 1.28 bits per heavy atom. The lowest BCUT2D eigenvalue weighted by Gasteiger charge is -2.31. The SMILES string of the molecule is Cc1ccc2c(c1)CCN(C(=O)OC(C)(C)C)C2. The molecule has 0 atom stereocenters. The van der Waals surface area contributed by atoms with Gasteiger partial charge in [-0.15, -0.1) is 0 Å². The van der Waals surface area contributed by atoms with Crippen molar-refractivity contribution >= 4 is 6.09 Å². The Kier molecular flexibility index (Phi) is 3.33. The Morgan fingerprint density at radius 3 is 2.67 bits per heavy atom. The minimum Gasteiger partial charge on any atom is -0.444 e. The van der Waals surface area contributed by atoms with E-state index in [0.29, 0.717) is 6.54 Å². The number of fused-ring (bicyclic) bond motifs is 1. The molecule has 0 aromatic heterocycles. The first-order valence-corrected chi connectivity index (χ1v) is 6.41. The molecular formula is C15H21NO2. The molecule has 2 rings (SSSR count). The molecule has 0 saturated heterocycles. The predicted octanol–water partition coefficient (Wildman–Crippen LogP) is 3.29. The molecule has 0 N–H and O–H groups in total. The quantitative estimate of drug-likeness (QED) is 0.704. The van der Waals surface area contributed by atoms with Crippen LogP contribution in [-0.2, 0) is 17.7 Å². The van der Waals surface area contributed by atoms with Gasteiger partial charge in [-0.25, -0.2) is 4.79 Å². The Morgan fingerprint density at radius 2 is 2.00 bits per heavy atom. The number of aryl methyl sites for hydroxylation is 1. The highest BCUT2D eigenvalue weighted by Crippen LogP contribution is 2.21. The summed E-state index contributed by atoms with van der Waals surface area (Å²) in [6, 6.07) is 6.42. The van der Waals surface area contributed by atoms with E-state index in [4.69, 9.17) is 4.74 Å². The highest BCUT2D eigenvalue weighted by Gasteiger charge is 2.25. The van der Waals surface area contributed by atoms with Gasteiger partial charge in [0.05, 0.1) is 0 Å². The maximum absolute atomic E-state index is 12.0. The molecule has 0 radical (unpaired) electrons. The van der Waals surface area contributed by atoms with Crippen LogP contribution in [-0.4, -0.2) is 23.1 Å². The molecule has 1 aliphatic rings. The second-order valence-corrected chi connectivity index (χ2v) is 5.92. The number of amides is 1. The third-order valence-electron chi connectivity index (χ3n) is 3.03. The summed E-state index contributed by atoms with van der Waals surface area (Å²) in [6.45, 7) is 9.18. The second kappa shape index (κ2) is 4.63. The fourth-order valence-corrected chi connectivity index (χ4v) is 2.16. The van der Waals surface area contributed by atoms with Gasteiger partial charge in [-0.3, -0.25) is 0 Å². The van der Waals surface area contributed by atoms with Gasteiger partial charge < -0.3 is 9.64 Å². The van der Waals surface area contributed by atoms with Crippen LogP contribution < -0.4 is 0 Å². The predicted molar refractivity (Wildman–Crippen MR) is 71.5 cm³/mol. The number of carbonyl (C=O) groups is 1. The second-order valence-electron chi connectivity index (χ2n) is 5.92. The van der Waals surface area contributed by atoms with E-state index in [9.17, 15) is 4.79 Å². The lowest BCUT2D eigenvalue weighted by molar-refractivity contribution is 0.0224. The molecule has 18 heavy (non-hydrogen) atoms. The van der Waals surface area contributed by atoms with Crippen LogP contribution in [0, 0.1) is 6.92 Å². The molecule has 0 spiro atoms. The van der Waals surface area contributed by atoms with Gasteiger partial charge >= 0.3 is 6.09 Å². The van der Waals surface area contributed by atoms with E-state index < -0.39 is 5.60 Å². The summed E-state index contributed by atoms with van der Waals surface area (Å²) >= 11 is 0. The first-order valence-electron chi connectivity index (χ1n) is 6.41. The number of carbonyl (C=O) groups excluding carboxylic acids is 1.